The first-order valence-electron chi connectivity index (χ1n) is 5.27. The lowest BCUT2D eigenvalue weighted by atomic mass is 10.4. The summed E-state index contributed by atoms with van der Waals surface area (Å²) in [5.41, 5.74) is 5.93. The molecule has 0 atom stereocenters. The van der Waals surface area contributed by atoms with Crippen LogP contribution < -0.4 is 5.73 Å². The van der Waals surface area contributed by atoms with Crippen molar-refractivity contribution in [2.24, 2.45) is 0 Å². The van der Waals surface area contributed by atoms with Gasteiger partial charge < -0.3 is 15.2 Å². The fraction of sp³-hybridized carbons (Fsp3) is 0.600. The molecule has 90 valence electrons. The molecule has 0 spiro atoms. The summed E-state index contributed by atoms with van der Waals surface area (Å²) in [6.07, 6.45) is 0. The van der Waals surface area contributed by atoms with Gasteiger partial charge >= 0.3 is 5.97 Å². The SMILES string of the molecule is CCOCCn1nc(C(=O)OCC)cc1N. The molecule has 0 aliphatic carbocycles. The average Bonchev–Trinajstić information content (AvgIpc) is 2.61. The highest BCUT2D eigenvalue weighted by Gasteiger charge is 2.13. The van der Waals surface area contributed by atoms with Crippen molar-refractivity contribution in [1.29, 1.82) is 0 Å². The normalized spacial score (nSPS) is 10.4. The van der Waals surface area contributed by atoms with Crippen LogP contribution >= 0.6 is 0 Å². The number of nitrogens with zero attached hydrogens (tertiary/aromatic N) is 2. The zero-order chi connectivity index (χ0) is 12.0. The Hall–Kier alpha value is -1.56. The van der Waals surface area contributed by atoms with Gasteiger partial charge in [-0.1, -0.05) is 0 Å². The fourth-order valence-electron chi connectivity index (χ4n) is 1.21. The van der Waals surface area contributed by atoms with Gasteiger partial charge in [0.15, 0.2) is 5.69 Å². The number of rotatable bonds is 6. The van der Waals surface area contributed by atoms with Gasteiger partial charge in [-0.05, 0) is 13.8 Å². The number of aromatic nitrogens is 2. The molecule has 16 heavy (non-hydrogen) atoms. The van der Waals surface area contributed by atoms with Crippen molar-refractivity contribution in [1.82, 2.24) is 9.78 Å². The van der Waals surface area contributed by atoms with Crippen LogP contribution in [0.5, 0.6) is 0 Å². The predicted molar refractivity (Wildman–Crippen MR) is 59.1 cm³/mol. The van der Waals surface area contributed by atoms with Gasteiger partial charge in [-0.2, -0.15) is 5.10 Å². The minimum Gasteiger partial charge on any atom is -0.461 e. The smallest absolute Gasteiger partial charge is 0.358 e. The van der Waals surface area contributed by atoms with Crippen LogP contribution in [0.3, 0.4) is 0 Å². The standard InChI is InChI=1S/C10H17N3O3/c1-3-15-6-5-13-9(11)7-8(12-13)10(14)16-4-2/h7H,3-6,11H2,1-2H3. The molecule has 0 bridgehead atoms. The second-order valence-electron chi connectivity index (χ2n) is 3.09. The van der Waals surface area contributed by atoms with E-state index in [4.69, 9.17) is 15.2 Å². The maximum atomic E-state index is 11.4. The Labute approximate surface area is 94.3 Å². The molecule has 1 aromatic heterocycles. The van der Waals surface area contributed by atoms with E-state index < -0.39 is 5.97 Å². The third-order valence-electron chi connectivity index (χ3n) is 1.95. The largest absolute Gasteiger partial charge is 0.461 e. The first kappa shape index (κ1) is 12.5. The number of carbonyl (C=O) groups is 1. The second-order valence-corrected chi connectivity index (χ2v) is 3.09. The van der Waals surface area contributed by atoms with E-state index in [1.165, 1.54) is 10.7 Å². The average molecular weight is 227 g/mol. The molecule has 2 N–H and O–H groups in total. The Kier molecular flexibility index (Phi) is 4.78. The van der Waals surface area contributed by atoms with Crippen LogP contribution in [0.1, 0.15) is 24.3 Å². The number of carbonyl (C=O) groups excluding carboxylic acids is 1. The molecule has 0 saturated carbocycles. The summed E-state index contributed by atoms with van der Waals surface area (Å²) in [6.45, 7) is 5.67. The van der Waals surface area contributed by atoms with Gasteiger partial charge in [0.2, 0.25) is 0 Å². The molecule has 0 radical (unpaired) electrons. The number of hydrogen-bond acceptors (Lipinski definition) is 5. The van der Waals surface area contributed by atoms with Crippen LogP contribution in [0, 0.1) is 0 Å². The molecule has 0 aromatic carbocycles. The van der Waals surface area contributed by atoms with E-state index in [1.54, 1.807) is 6.92 Å². The summed E-state index contributed by atoms with van der Waals surface area (Å²) in [5.74, 6) is -0.0212. The molecule has 0 aliphatic heterocycles. The highest BCUT2D eigenvalue weighted by Crippen LogP contribution is 2.07. The van der Waals surface area contributed by atoms with Crippen molar-refractivity contribution in [3.8, 4) is 0 Å². The van der Waals surface area contributed by atoms with Crippen LogP contribution in [0.15, 0.2) is 6.07 Å². The second kappa shape index (κ2) is 6.12. The van der Waals surface area contributed by atoms with Crippen molar-refractivity contribution >= 4 is 11.8 Å². The quantitative estimate of drug-likeness (QED) is 0.571. The summed E-state index contributed by atoms with van der Waals surface area (Å²) in [6, 6.07) is 1.50. The highest BCUT2D eigenvalue weighted by molar-refractivity contribution is 5.88. The number of nitrogen functional groups attached to an aromatic ring is 1. The Morgan fingerprint density at radius 3 is 2.88 bits per heavy atom. The molecule has 0 amide bonds. The minimum atomic E-state index is -0.454. The zero-order valence-corrected chi connectivity index (χ0v) is 9.60. The predicted octanol–water partition coefficient (Wildman–Crippen LogP) is 0.678. The van der Waals surface area contributed by atoms with E-state index in [0.717, 1.165) is 0 Å². The maximum absolute atomic E-state index is 11.4. The van der Waals surface area contributed by atoms with Gasteiger partial charge in [-0.3, -0.25) is 0 Å². The van der Waals surface area contributed by atoms with Crippen molar-refractivity contribution in [2.75, 3.05) is 25.6 Å². The molecule has 1 heterocycles. The maximum Gasteiger partial charge on any atom is 0.358 e. The lowest BCUT2D eigenvalue weighted by Gasteiger charge is -2.03. The molecule has 6 heteroatoms. The molecule has 1 rings (SSSR count). The van der Waals surface area contributed by atoms with E-state index in [1.807, 2.05) is 6.92 Å². The van der Waals surface area contributed by atoms with Crippen molar-refractivity contribution in [2.45, 2.75) is 20.4 Å². The third kappa shape index (κ3) is 3.23. The lowest BCUT2D eigenvalue weighted by Crippen LogP contribution is -2.11. The number of ether oxygens (including phenoxy) is 2. The first-order valence-corrected chi connectivity index (χ1v) is 5.27. The summed E-state index contributed by atoms with van der Waals surface area (Å²) in [5, 5.41) is 4.04. The van der Waals surface area contributed by atoms with E-state index in [-0.39, 0.29) is 5.69 Å². The highest BCUT2D eigenvalue weighted by atomic mass is 16.5. The summed E-state index contributed by atoms with van der Waals surface area (Å²) < 4.78 is 11.5. The van der Waals surface area contributed by atoms with Gasteiger partial charge in [-0.15, -0.1) is 0 Å². The van der Waals surface area contributed by atoms with Gasteiger partial charge in [0, 0.05) is 12.7 Å². The van der Waals surface area contributed by atoms with Crippen LogP contribution in [-0.2, 0) is 16.0 Å². The van der Waals surface area contributed by atoms with Gasteiger partial charge in [-0.25, -0.2) is 9.48 Å². The zero-order valence-electron chi connectivity index (χ0n) is 9.60. The van der Waals surface area contributed by atoms with Crippen LogP contribution in [0.25, 0.3) is 0 Å². The van der Waals surface area contributed by atoms with Gasteiger partial charge in [0.1, 0.15) is 5.82 Å². The van der Waals surface area contributed by atoms with Crippen molar-refractivity contribution in [3.63, 3.8) is 0 Å². The first-order chi connectivity index (χ1) is 7.69. The van der Waals surface area contributed by atoms with E-state index in [9.17, 15) is 4.79 Å². The Balaban J connectivity index is 2.62. The molecule has 0 fully saturated rings. The molecule has 1 aromatic rings. The monoisotopic (exact) mass is 227 g/mol. The molecular weight excluding hydrogens is 210 g/mol. The Bertz CT molecular complexity index is 349. The number of nitrogens with two attached hydrogens (primary N) is 1. The molecule has 0 unspecified atom stereocenters. The van der Waals surface area contributed by atoms with Crippen molar-refractivity contribution in [3.05, 3.63) is 11.8 Å². The summed E-state index contributed by atoms with van der Waals surface area (Å²) in [4.78, 5) is 11.4. The summed E-state index contributed by atoms with van der Waals surface area (Å²) in [7, 11) is 0. The minimum absolute atomic E-state index is 0.232. The molecule has 0 aliphatic rings. The molecule has 0 saturated heterocycles. The number of anilines is 1. The van der Waals surface area contributed by atoms with E-state index in [0.29, 0.717) is 32.2 Å². The molecular formula is C10H17N3O3. The Morgan fingerprint density at radius 1 is 1.50 bits per heavy atom. The lowest BCUT2D eigenvalue weighted by molar-refractivity contribution is 0.0517. The molecule has 6 nitrogen and oxygen atoms in total. The fourth-order valence-corrected chi connectivity index (χ4v) is 1.21. The summed E-state index contributed by atoms with van der Waals surface area (Å²) >= 11 is 0. The number of esters is 1. The van der Waals surface area contributed by atoms with Gasteiger partial charge in [0.05, 0.1) is 19.8 Å². The third-order valence-corrected chi connectivity index (χ3v) is 1.95. The van der Waals surface area contributed by atoms with Gasteiger partial charge in [0.25, 0.3) is 0 Å². The topological polar surface area (TPSA) is 79.4 Å². The van der Waals surface area contributed by atoms with Crippen LogP contribution in [0.2, 0.25) is 0 Å². The van der Waals surface area contributed by atoms with Crippen LogP contribution in [-0.4, -0.2) is 35.6 Å². The van der Waals surface area contributed by atoms with E-state index >= 15 is 0 Å². The van der Waals surface area contributed by atoms with Crippen LogP contribution in [0.4, 0.5) is 5.82 Å². The van der Waals surface area contributed by atoms with Crippen molar-refractivity contribution < 1.29 is 14.3 Å². The number of hydrogen-bond donors (Lipinski definition) is 1. The van der Waals surface area contributed by atoms with E-state index in [2.05, 4.69) is 5.10 Å². The Morgan fingerprint density at radius 2 is 2.25 bits per heavy atom.